The largest absolute Gasteiger partial charge is 0.452 e. The molecule has 0 aliphatic rings. The molecule has 1 aromatic heterocycles. The van der Waals surface area contributed by atoms with Crippen molar-refractivity contribution in [3.05, 3.63) is 56.2 Å². The Morgan fingerprint density at radius 3 is 2.59 bits per heavy atom. The molecule has 0 fully saturated rings. The topological polar surface area (TPSA) is 55.4 Å². The van der Waals surface area contributed by atoms with E-state index in [9.17, 15) is 9.59 Å². The van der Waals surface area contributed by atoms with Gasteiger partial charge in [0.1, 0.15) is 0 Å². The SMILES string of the molecule is O=C(COC(=O)/C=C/c1ccc(Br)s1)Nc1ccc(Cl)cc1. The number of carbonyl (C=O) groups excluding carboxylic acids is 2. The molecule has 1 amide bonds. The molecule has 114 valence electrons. The fourth-order valence-corrected chi connectivity index (χ4v) is 2.94. The van der Waals surface area contributed by atoms with Crippen molar-refractivity contribution in [3.8, 4) is 0 Å². The highest BCUT2D eigenvalue weighted by Gasteiger charge is 2.05. The van der Waals surface area contributed by atoms with Crippen LogP contribution in [-0.2, 0) is 14.3 Å². The summed E-state index contributed by atoms with van der Waals surface area (Å²) < 4.78 is 5.83. The number of benzene rings is 1. The molecule has 2 rings (SSSR count). The summed E-state index contributed by atoms with van der Waals surface area (Å²) in [4.78, 5) is 24.1. The maximum atomic E-state index is 11.6. The molecular weight excluding hydrogens is 390 g/mol. The van der Waals surface area contributed by atoms with Gasteiger partial charge in [-0.1, -0.05) is 11.6 Å². The van der Waals surface area contributed by atoms with Gasteiger partial charge in [-0.25, -0.2) is 4.79 Å². The lowest BCUT2D eigenvalue weighted by Crippen LogP contribution is -2.20. The van der Waals surface area contributed by atoms with Crippen molar-refractivity contribution in [2.45, 2.75) is 0 Å². The standard InChI is InChI=1S/C15H11BrClNO3S/c16-13-7-5-12(22-13)6-8-15(20)21-9-14(19)18-11-3-1-10(17)2-4-11/h1-8H,9H2,(H,18,19)/b8-6+. The third-order valence-corrected chi connectivity index (χ3v) is 4.29. The van der Waals surface area contributed by atoms with Crippen molar-refractivity contribution in [3.63, 3.8) is 0 Å². The van der Waals surface area contributed by atoms with Crippen LogP contribution >= 0.6 is 38.9 Å². The van der Waals surface area contributed by atoms with Crippen LogP contribution in [0.4, 0.5) is 5.69 Å². The molecule has 1 N–H and O–H groups in total. The number of esters is 1. The monoisotopic (exact) mass is 399 g/mol. The van der Waals surface area contributed by atoms with E-state index in [4.69, 9.17) is 16.3 Å². The Bertz CT molecular complexity index is 697. The molecule has 7 heteroatoms. The molecule has 0 saturated heterocycles. The van der Waals surface area contributed by atoms with Gasteiger partial charge in [-0.05, 0) is 58.4 Å². The molecule has 0 bridgehead atoms. The minimum atomic E-state index is -0.573. The van der Waals surface area contributed by atoms with E-state index in [1.807, 2.05) is 12.1 Å². The molecule has 0 unspecified atom stereocenters. The van der Waals surface area contributed by atoms with Crippen LogP contribution in [0.15, 0.2) is 46.3 Å². The lowest BCUT2D eigenvalue weighted by molar-refractivity contribution is -0.142. The van der Waals surface area contributed by atoms with Crippen molar-refractivity contribution in [1.29, 1.82) is 0 Å². The van der Waals surface area contributed by atoms with Crippen molar-refractivity contribution in [2.24, 2.45) is 0 Å². The van der Waals surface area contributed by atoms with Gasteiger partial charge < -0.3 is 10.1 Å². The van der Waals surface area contributed by atoms with Gasteiger partial charge in [0.25, 0.3) is 5.91 Å². The number of ether oxygens (including phenoxy) is 1. The summed E-state index contributed by atoms with van der Waals surface area (Å²) in [5, 5.41) is 3.18. The number of thiophene rings is 1. The normalized spacial score (nSPS) is 10.6. The summed E-state index contributed by atoms with van der Waals surface area (Å²) in [6, 6.07) is 10.4. The van der Waals surface area contributed by atoms with E-state index in [-0.39, 0.29) is 6.61 Å². The van der Waals surface area contributed by atoms with Gasteiger partial charge in [-0.3, -0.25) is 4.79 Å². The number of anilines is 1. The summed E-state index contributed by atoms with van der Waals surface area (Å²) in [5.41, 5.74) is 0.587. The zero-order chi connectivity index (χ0) is 15.9. The van der Waals surface area contributed by atoms with Crippen LogP contribution < -0.4 is 5.32 Å². The first-order valence-electron chi connectivity index (χ1n) is 6.18. The third kappa shape index (κ3) is 5.63. The van der Waals surface area contributed by atoms with Crippen LogP contribution in [0.3, 0.4) is 0 Å². The summed E-state index contributed by atoms with van der Waals surface area (Å²) in [6.07, 6.45) is 2.92. The minimum absolute atomic E-state index is 0.347. The first-order chi connectivity index (χ1) is 10.5. The predicted octanol–water partition coefficient (Wildman–Crippen LogP) is 4.36. The average Bonchev–Trinajstić information content (AvgIpc) is 2.91. The Kier molecular flexibility index (Phi) is 6.18. The quantitative estimate of drug-likeness (QED) is 0.599. The van der Waals surface area contributed by atoms with Gasteiger partial charge >= 0.3 is 5.97 Å². The summed E-state index contributed by atoms with van der Waals surface area (Å²) in [5.74, 6) is -0.987. The fraction of sp³-hybridized carbons (Fsp3) is 0.0667. The van der Waals surface area contributed by atoms with E-state index >= 15 is 0 Å². The van der Waals surface area contributed by atoms with Gasteiger partial charge in [-0.2, -0.15) is 0 Å². The van der Waals surface area contributed by atoms with Crippen molar-refractivity contribution in [2.75, 3.05) is 11.9 Å². The van der Waals surface area contributed by atoms with Crippen LogP contribution in [-0.4, -0.2) is 18.5 Å². The predicted molar refractivity (Wildman–Crippen MR) is 92.1 cm³/mol. The van der Waals surface area contributed by atoms with Crippen LogP contribution in [0.1, 0.15) is 4.88 Å². The zero-order valence-electron chi connectivity index (χ0n) is 11.2. The molecule has 2 aromatic rings. The van der Waals surface area contributed by atoms with Gasteiger partial charge in [0.15, 0.2) is 6.61 Å². The highest BCUT2D eigenvalue weighted by atomic mass is 79.9. The van der Waals surface area contributed by atoms with Gasteiger partial charge in [0.05, 0.1) is 3.79 Å². The molecular formula is C15H11BrClNO3S. The van der Waals surface area contributed by atoms with Crippen LogP contribution in [0, 0.1) is 0 Å². The second kappa shape index (κ2) is 8.12. The van der Waals surface area contributed by atoms with Gasteiger partial charge in [-0.15, -0.1) is 11.3 Å². The van der Waals surface area contributed by atoms with Crippen molar-refractivity contribution >= 4 is 62.5 Å². The lowest BCUT2D eigenvalue weighted by atomic mass is 10.3. The molecule has 22 heavy (non-hydrogen) atoms. The number of halogens is 2. The summed E-state index contributed by atoms with van der Waals surface area (Å²) >= 11 is 10.6. The smallest absolute Gasteiger partial charge is 0.331 e. The lowest BCUT2D eigenvalue weighted by Gasteiger charge is -2.05. The average molecular weight is 401 g/mol. The number of amides is 1. The van der Waals surface area contributed by atoms with Crippen molar-refractivity contribution < 1.29 is 14.3 Å². The molecule has 0 spiro atoms. The second-order valence-electron chi connectivity index (χ2n) is 4.14. The first-order valence-corrected chi connectivity index (χ1v) is 8.17. The Labute approximate surface area is 144 Å². The molecule has 0 saturated carbocycles. The maximum Gasteiger partial charge on any atom is 0.331 e. The molecule has 0 aliphatic carbocycles. The maximum absolute atomic E-state index is 11.6. The Morgan fingerprint density at radius 1 is 1.23 bits per heavy atom. The second-order valence-corrected chi connectivity index (χ2v) is 7.07. The van der Waals surface area contributed by atoms with Gasteiger partial charge in [0.2, 0.25) is 0 Å². The Balaban J connectivity index is 1.77. The van der Waals surface area contributed by atoms with E-state index in [0.29, 0.717) is 10.7 Å². The van der Waals surface area contributed by atoms with E-state index < -0.39 is 11.9 Å². The van der Waals surface area contributed by atoms with E-state index in [1.165, 1.54) is 17.4 Å². The summed E-state index contributed by atoms with van der Waals surface area (Å²) in [7, 11) is 0. The number of nitrogens with one attached hydrogen (secondary N) is 1. The minimum Gasteiger partial charge on any atom is -0.452 e. The third-order valence-electron chi connectivity index (χ3n) is 2.45. The van der Waals surface area contributed by atoms with Gasteiger partial charge in [0, 0.05) is 21.7 Å². The van der Waals surface area contributed by atoms with E-state index in [2.05, 4.69) is 21.2 Å². The zero-order valence-corrected chi connectivity index (χ0v) is 14.4. The van der Waals surface area contributed by atoms with E-state index in [1.54, 1.807) is 30.3 Å². The van der Waals surface area contributed by atoms with Crippen LogP contribution in [0.2, 0.25) is 5.02 Å². The Hall–Kier alpha value is -1.63. The number of hydrogen-bond donors (Lipinski definition) is 1. The number of hydrogen-bond acceptors (Lipinski definition) is 4. The molecule has 0 radical (unpaired) electrons. The molecule has 1 heterocycles. The van der Waals surface area contributed by atoms with Crippen LogP contribution in [0.25, 0.3) is 6.08 Å². The molecule has 4 nitrogen and oxygen atoms in total. The van der Waals surface area contributed by atoms with Crippen molar-refractivity contribution in [1.82, 2.24) is 0 Å². The number of carbonyl (C=O) groups is 2. The number of rotatable bonds is 5. The molecule has 0 aliphatic heterocycles. The summed E-state index contributed by atoms with van der Waals surface area (Å²) in [6.45, 7) is -0.347. The van der Waals surface area contributed by atoms with Crippen LogP contribution in [0.5, 0.6) is 0 Å². The fourth-order valence-electron chi connectivity index (χ4n) is 1.48. The molecule has 1 aromatic carbocycles. The highest BCUT2D eigenvalue weighted by Crippen LogP contribution is 2.22. The highest BCUT2D eigenvalue weighted by molar-refractivity contribution is 9.11. The molecule has 0 atom stereocenters. The Morgan fingerprint density at radius 2 is 1.95 bits per heavy atom. The van der Waals surface area contributed by atoms with E-state index in [0.717, 1.165) is 8.66 Å². The first kappa shape index (κ1) is 16.7.